The van der Waals surface area contributed by atoms with Crippen molar-refractivity contribution in [2.24, 2.45) is 0 Å². The first kappa shape index (κ1) is 10.2. The van der Waals surface area contributed by atoms with Gasteiger partial charge < -0.3 is 10.4 Å². The maximum absolute atomic E-state index is 10.8. The lowest BCUT2D eigenvalue weighted by molar-refractivity contribution is -0.139. The zero-order chi connectivity index (χ0) is 9.68. The Morgan fingerprint density at radius 1 is 1.77 bits per heavy atom. The Morgan fingerprint density at radius 2 is 2.54 bits per heavy atom. The molecule has 0 fully saturated rings. The minimum Gasteiger partial charge on any atom is -0.480 e. The molecule has 0 amide bonds. The Hall–Kier alpha value is -0.870. The van der Waals surface area contributed by atoms with E-state index in [2.05, 4.69) is 5.32 Å². The molecule has 0 spiro atoms. The molecule has 0 aliphatic heterocycles. The second-order valence-corrected chi connectivity index (χ2v) is 3.72. The van der Waals surface area contributed by atoms with E-state index < -0.39 is 12.0 Å². The molecule has 13 heavy (non-hydrogen) atoms. The van der Waals surface area contributed by atoms with Crippen LogP contribution in [0.3, 0.4) is 0 Å². The van der Waals surface area contributed by atoms with Crippen molar-refractivity contribution in [3.63, 3.8) is 0 Å². The largest absolute Gasteiger partial charge is 0.480 e. The first-order valence-corrected chi connectivity index (χ1v) is 5.13. The molecule has 1 heterocycles. The van der Waals surface area contributed by atoms with Gasteiger partial charge >= 0.3 is 5.97 Å². The normalized spacial score (nSPS) is 12.7. The molecule has 72 valence electrons. The predicted octanol–water partition coefficient (Wildman–Crippen LogP) is 1.87. The molecule has 0 aliphatic rings. The minimum absolute atomic E-state index is 0.542. The number of aliphatic carboxylic acids is 1. The lowest BCUT2D eigenvalue weighted by atomic mass is 10.2. The molecule has 0 radical (unpaired) electrons. The number of rotatable bonds is 5. The molecule has 0 aliphatic carbocycles. The van der Waals surface area contributed by atoms with Gasteiger partial charge in [0, 0.05) is 4.88 Å². The number of carboxylic acids is 1. The fraction of sp³-hybridized carbons (Fsp3) is 0.444. The van der Waals surface area contributed by atoms with Gasteiger partial charge in [-0.1, -0.05) is 13.0 Å². The molecule has 1 unspecified atom stereocenters. The van der Waals surface area contributed by atoms with E-state index in [4.69, 9.17) is 5.11 Å². The quantitative estimate of drug-likeness (QED) is 0.761. The van der Waals surface area contributed by atoms with Crippen molar-refractivity contribution in [3.05, 3.63) is 22.4 Å². The highest BCUT2D eigenvalue weighted by atomic mass is 32.1. The maximum atomic E-state index is 10.8. The van der Waals surface area contributed by atoms with Crippen LogP contribution in [0.1, 0.15) is 24.3 Å². The number of carboxylic acid groups (broad SMARTS) is 1. The van der Waals surface area contributed by atoms with Crippen molar-refractivity contribution in [2.75, 3.05) is 6.54 Å². The van der Waals surface area contributed by atoms with Crippen LogP contribution >= 0.6 is 11.3 Å². The fourth-order valence-corrected chi connectivity index (χ4v) is 1.85. The van der Waals surface area contributed by atoms with Crippen LogP contribution < -0.4 is 5.32 Å². The Kier molecular flexibility index (Phi) is 3.92. The summed E-state index contributed by atoms with van der Waals surface area (Å²) >= 11 is 1.47. The van der Waals surface area contributed by atoms with E-state index >= 15 is 0 Å². The van der Waals surface area contributed by atoms with E-state index in [1.807, 2.05) is 24.4 Å². The van der Waals surface area contributed by atoms with Gasteiger partial charge in [0.25, 0.3) is 0 Å². The molecule has 0 aromatic carbocycles. The van der Waals surface area contributed by atoms with E-state index in [0.717, 1.165) is 17.8 Å². The maximum Gasteiger partial charge on any atom is 0.326 e. The third-order valence-electron chi connectivity index (χ3n) is 1.67. The summed E-state index contributed by atoms with van der Waals surface area (Å²) in [5.41, 5.74) is 0. The molecular formula is C9H13NO2S. The van der Waals surface area contributed by atoms with Crippen LogP contribution in [0.15, 0.2) is 17.5 Å². The fourth-order valence-electron chi connectivity index (χ4n) is 1.05. The van der Waals surface area contributed by atoms with Crippen molar-refractivity contribution in [3.8, 4) is 0 Å². The molecular weight excluding hydrogens is 186 g/mol. The number of nitrogens with one attached hydrogen (secondary N) is 1. The van der Waals surface area contributed by atoms with Gasteiger partial charge in [0.2, 0.25) is 0 Å². The van der Waals surface area contributed by atoms with Gasteiger partial charge in [-0.05, 0) is 24.4 Å². The highest BCUT2D eigenvalue weighted by Gasteiger charge is 2.18. The molecule has 4 heteroatoms. The van der Waals surface area contributed by atoms with Crippen LogP contribution in [-0.4, -0.2) is 17.6 Å². The summed E-state index contributed by atoms with van der Waals surface area (Å²) in [4.78, 5) is 11.7. The summed E-state index contributed by atoms with van der Waals surface area (Å²) in [6.45, 7) is 2.75. The molecule has 0 saturated carbocycles. The number of carbonyl (C=O) groups is 1. The molecule has 1 atom stereocenters. The lowest BCUT2D eigenvalue weighted by Gasteiger charge is -2.11. The summed E-state index contributed by atoms with van der Waals surface area (Å²) in [6.07, 6.45) is 0.940. The van der Waals surface area contributed by atoms with Gasteiger partial charge in [0.1, 0.15) is 6.04 Å². The Balaban J connectivity index is 2.63. The second kappa shape index (κ2) is 4.99. The molecule has 3 nitrogen and oxygen atoms in total. The van der Waals surface area contributed by atoms with Crippen molar-refractivity contribution in [2.45, 2.75) is 19.4 Å². The van der Waals surface area contributed by atoms with Gasteiger partial charge in [0.15, 0.2) is 0 Å². The summed E-state index contributed by atoms with van der Waals surface area (Å²) in [7, 11) is 0. The second-order valence-electron chi connectivity index (χ2n) is 2.74. The van der Waals surface area contributed by atoms with Gasteiger partial charge in [-0.3, -0.25) is 4.79 Å². The van der Waals surface area contributed by atoms with Crippen LogP contribution in [0, 0.1) is 0 Å². The third-order valence-corrected chi connectivity index (χ3v) is 2.61. The average molecular weight is 199 g/mol. The van der Waals surface area contributed by atoms with Crippen molar-refractivity contribution >= 4 is 17.3 Å². The number of hydrogen-bond acceptors (Lipinski definition) is 3. The highest BCUT2D eigenvalue weighted by molar-refractivity contribution is 7.10. The van der Waals surface area contributed by atoms with Gasteiger partial charge in [-0.2, -0.15) is 0 Å². The van der Waals surface area contributed by atoms with E-state index in [9.17, 15) is 4.79 Å². The monoisotopic (exact) mass is 199 g/mol. The summed E-state index contributed by atoms with van der Waals surface area (Å²) in [5.74, 6) is -0.809. The molecule has 1 aromatic heterocycles. The first-order valence-electron chi connectivity index (χ1n) is 4.25. The lowest BCUT2D eigenvalue weighted by Crippen LogP contribution is -2.28. The molecule has 1 rings (SSSR count). The Bertz CT molecular complexity index is 259. The molecule has 2 N–H and O–H groups in total. The summed E-state index contributed by atoms with van der Waals surface area (Å²) in [6, 6.07) is 3.16. The summed E-state index contributed by atoms with van der Waals surface area (Å²) < 4.78 is 0. The number of hydrogen-bond donors (Lipinski definition) is 2. The van der Waals surface area contributed by atoms with Crippen LogP contribution in [-0.2, 0) is 4.79 Å². The zero-order valence-electron chi connectivity index (χ0n) is 7.49. The Morgan fingerprint density at radius 3 is 3.00 bits per heavy atom. The van der Waals surface area contributed by atoms with Crippen LogP contribution in [0.25, 0.3) is 0 Å². The first-order chi connectivity index (χ1) is 6.25. The Labute approximate surface area is 81.4 Å². The highest BCUT2D eigenvalue weighted by Crippen LogP contribution is 2.18. The minimum atomic E-state index is -0.809. The van der Waals surface area contributed by atoms with Crippen molar-refractivity contribution < 1.29 is 9.90 Å². The molecule has 1 aromatic rings. The van der Waals surface area contributed by atoms with E-state index in [1.54, 1.807) is 0 Å². The topological polar surface area (TPSA) is 49.3 Å². The average Bonchev–Trinajstić information content (AvgIpc) is 2.57. The van der Waals surface area contributed by atoms with Crippen LogP contribution in [0.5, 0.6) is 0 Å². The van der Waals surface area contributed by atoms with Crippen LogP contribution in [0.4, 0.5) is 0 Å². The van der Waals surface area contributed by atoms with E-state index in [0.29, 0.717) is 0 Å². The smallest absolute Gasteiger partial charge is 0.326 e. The van der Waals surface area contributed by atoms with Crippen molar-refractivity contribution in [1.29, 1.82) is 0 Å². The van der Waals surface area contributed by atoms with Gasteiger partial charge in [-0.15, -0.1) is 11.3 Å². The van der Waals surface area contributed by atoms with Crippen LogP contribution in [0.2, 0.25) is 0 Å². The zero-order valence-corrected chi connectivity index (χ0v) is 8.30. The van der Waals surface area contributed by atoms with Crippen molar-refractivity contribution in [1.82, 2.24) is 5.32 Å². The third kappa shape index (κ3) is 2.82. The van der Waals surface area contributed by atoms with E-state index in [1.165, 1.54) is 11.3 Å². The summed E-state index contributed by atoms with van der Waals surface area (Å²) in [5, 5.41) is 13.8. The SMILES string of the molecule is CCCNC(C(=O)O)c1cccs1. The molecule has 0 saturated heterocycles. The van der Waals surface area contributed by atoms with E-state index in [-0.39, 0.29) is 0 Å². The van der Waals surface area contributed by atoms with Gasteiger partial charge in [-0.25, -0.2) is 0 Å². The standard InChI is InChI=1S/C9H13NO2S/c1-2-5-10-8(9(11)12)7-4-3-6-13-7/h3-4,6,8,10H,2,5H2,1H3,(H,11,12). The van der Waals surface area contributed by atoms with Gasteiger partial charge in [0.05, 0.1) is 0 Å². The predicted molar refractivity (Wildman–Crippen MR) is 53.0 cm³/mol. The number of thiophene rings is 1. The molecule has 0 bridgehead atoms.